The van der Waals surface area contributed by atoms with E-state index >= 15 is 0 Å². The van der Waals surface area contributed by atoms with E-state index in [4.69, 9.17) is 5.11 Å². The highest BCUT2D eigenvalue weighted by atomic mass is 79.9. The SMILES string of the molecule is C.C=C(C)C(O)CCC#CC.CC#CCC/C=C(\C)CCC(C)=O.CC#CCCBr.CC#CCCC.CC#CCCO.[2HH].[B]. The molecule has 0 amide bonds. The fourth-order valence-corrected chi connectivity index (χ4v) is 2.37. The first-order valence-corrected chi connectivity index (χ1v) is 15.3. The van der Waals surface area contributed by atoms with Gasteiger partial charge < -0.3 is 15.0 Å². The molecular weight excluding hydrogens is 595 g/mol. The van der Waals surface area contributed by atoms with Crippen LogP contribution < -0.4 is 0 Å². The number of aliphatic hydroxyl groups is 2. The molecule has 0 aliphatic heterocycles. The number of halogens is 1. The molecule has 5 heteroatoms. The highest BCUT2D eigenvalue weighted by molar-refractivity contribution is 9.09. The number of alkyl halides is 1. The molecule has 0 aliphatic rings. The number of carbonyl (C=O) groups is 1. The third-order valence-corrected chi connectivity index (χ3v) is 4.86. The van der Waals surface area contributed by atoms with E-state index in [1.807, 2.05) is 27.7 Å². The Bertz CT molecular complexity index is 910. The Balaban J connectivity index is -0.0000000628. The maximum Gasteiger partial charge on any atom is 0.130 e. The van der Waals surface area contributed by atoms with Gasteiger partial charge in [-0.25, -0.2) is 0 Å². The van der Waals surface area contributed by atoms with Crippen molar-refractivity contribution in [3.63, 3.8) is 0 Å². The van der Waals surface area contributed by atoms with Crippen LogP contribution in [0.4, 0.5) is 0 Å². The van der Waals surface area contributed by atoms with E-state index in [1.54, 1.807) is 20.8 Å². The summed E-state index contributed by atoms with van der Waals surface area (Å²) in [5, 5.41) is 18.3. The van der Waals surface area contributed by atoms with Crippen molar-refractivity contribution in [2.75, 3.05) is 11.9 Å². The topological polar surface area (TPSA) is 57.5 Å². The number of hydrogen-bond acceptors (Lipinski definition) is 3. The van der Waals surface area contributed by atoms with E-state index in [-0.39, 0.29) is 35.8 Å². The molecule has 0 heterocycles. The third kappa shape index (κ3) is 79.1. The molecule has 3 nitrogen and oxygen atoms in total. The van der Waals surface area contributed by atoms with Gasteiger partial charge in [0.15, 0.2) is 0 Å². The Hall–Kier alpha value is -2.59. The number of unbranched alkanes of at least 4 members (excludes halogenated alkanes) is 2. The van der Waals surface area contributed by atoms with E-state index in [9.17, 15) is 9.90 Å². The molecule has 1 atom stereocenters. The number of carbonyl (C=O) groups excluding carboxylic acids is 1. The molecule has 0 aromatic rings. The van der Waals surface area contributed by atoms with Crippen LogP contribution in [0, 0.1) is 59.2 Å². The van der Waals surface area contributed by atoms with Gasteiger partial charge >= 0.3 is 0 Å². The van der Waals surface area contributed by atoms with Crippen molar-refractivity contribution in [3.05, 3.63) is 23.8 Å². The molecule has 243 valence electrons. The monoisotopic (exact) mass is 658 g/mol. The van der Waals surface area contributed by atoms with E-state index in [0.29, 0.717) is 19.3 Å². The van der Waals surface area contributed by atoms with Crippen LogP contribution in [0.5, 0.6) is 0 Å². The summed E-state index contributed by atoms with van der Waals surface area (Å²) in [5.41, 5.74) is 2.12. The Morgan fingerprint density at radius 3 is 1.58 bits per heavy atom. The fraction of sp³-hybridized carbons (Fsp3) is 0.605. The molecule has 43 heavy (non-hydrogen) atoms. The minimum Gasteiger partial charge on any atom is -0.395 e. The summed E-state index contributed by atoms with van der Waals surface area (Å²) < 4.78 is 0. The lowest BCUT2D eigenvalue weighted by molar-refractivity contribution is -0.116. The second-order valence-corrected chi connectivity index (χ2v) is 9.28. The molecule has 0 rings (SSSR count). The average molecular weight is 660 g/mol. The highest BCUT2D eigenvalue weighted by Gasteiger charge is 2.01. The molecule has 0 bridgehead atoms. The predicted molar refractivity (Wildman–Crippen MR) is 200 cm³/mol. The van der Waals surface area contributed by atoms with Gasteiger partial charge in [-0.15, -0.1) is 59.2 Å². The van der Waals surface area contributed by atoms with E-state index in [2.05, 4.69) is 102 Å². The van der Waals surface area contributed by atoms with Crippen molar-refractivity contribution in [1.82, 2.24) is 0 Å². The molecule has 1 unspecified atom stereocenters. The van der Waals surface area contributed by atoms with Gasteiger partial charge in [-0.3, -0.25) is 0 Å². The minimum absolute atomic E-state index is 0. The Morgan fingerprint density at radius 2 is 1.26 bits per heavy atom. The zero-order chi connectivity index (χ0) is 32.6. The largest absolute Gasteiger partial charge is 0.395 e. The lowest BCUT2D eigenvalue weighted by Gasteiger charge is -2.05. The molecule has 0 aromatic carbocycles. The molecule has 0 saturated heterocycles. The maximum atomic E-state index is 10.7. The zero-order valence-electron chi connectivity index (χ0n) is 28.1. The number of allylic oxidation sites excluding steroid dienone is 2. The van der Waals surface area contributed by atoms with Crippen LogP contribution in [0.3, 0.4) is 0 Å². The van der Waals surface area contributed by atoms with Crippen LogP contribution >= 0.6 is 15.9 Å². The third-order valence-electron chi connectivity index (χ3n) is 4.46. The van der Waals surface area contributed by atoms with Crippen LogP contribution in [0.2, 0.25) is 0 Å². The van der Waals surface area contributed by atoms with Crippen LogP contribution in [-0.2, 0) is 4.79 Å². The summed E-state index contributed by atoms with van der Waals surface area (Å²) in [4.78, 5) is 10.7. The summed E-state index contributed by atoms with van der Waals surface area (Å²) in [6.07, 6.45) is 10.6. The predicted octanol–water partition coefficient (Wildman–Crippen LogP) is 9.33. The molecule has 0 spiro atoms. The van der Waals surface area contributed by atoms with E-state index in [0.717, 1.165) is 49.4 Å². The van der Waals surface area contributed by atoms with Crippen LogP contribution in [0.25, 0.3) is 0 Å². The van der Waals surface area contributed by atoms with Crippen LogP contribution in [-0.4, -0.2) is 42.5 Å². The van der Waals surface area contributed by atoms with Gasteiger partial charge in [0.05, 0.1) is 12.7 Å². The second-order valence-electron chi connectivity index (χ2n) is 8.49. The Morgan fingerprint density at radius 1 is 0.814 bits per heavy atom. The van der Waals surface area contributed by atoms with Gasteiger partial charge in [0, 0.05) is 53.7 Å². The first-order chi connectivity index (χ1) is 19.6. The summed E-state index contributed by atoms with van der Waals surface area (Å²) in [5.74, 6) is 28.6. The molecule has 0 fully saturated rings. The number of ketones is 1. The van der Waals surface area contributed by atoms with Gasteiger partial charge in [-0.2, -0.15) is 0 Å². The van der Waals surface area contributed by atoms with Crippen molar-refractivity contribution in [3.8, 4) is 59.2 Å². The lowest BCUT2D eigenvalue weighted by atomic mass is 10.1. The second kappa shape index (κ2) is 55.4. The summed E-state index contributed by atoms with van der Waals surface area (Å²) in [6, 6.07) is 0. The van der Waals surface area contributed by atoms with Crippen molar-refractivity contribution < 1.29 is 16.4 Å². The quantitative estimate of drug-likeness (QED) is 0.0765. The molecule has 3 radical (unpaired) electrons. The summed E-state index contributed by atoms with van der Waals surface area (Å²) in [7, 11) is 0. The van der Waals surface area contributed by atoms with Gasteiger partial charge in [-0.1, -0.05) is 54.1 Å². The van der Waals surface area contributed by atoms with Crippen molar-refractivity contribution in [2.45, 2.75) is 140 Å². The Labute approximate surface area is 280 Å². The first-order valence-electron chi connectivity index (χ1n) is 14.2. The zero-order valence-corrected chi connectivity index (χ0v) is 29.7. The maximum absolute atomic E-state index is 10.7. The smallest absolute Gasteiger partial charge is 0.130 e. The van der Waals surface area contributed by atoms with Crippen LogP contribution in [0.15, 0.2) is 23.8 Å². The Kier molecular flexibility index (Phi) is 72.4. The summed E-state index contributed by atoms with van der Waals surface area (Å²) >= 11 is 3.25. The molecular formula is C38H63BBrO3. The molecule has 0 aromatic heterocycles. The van der Waals surface area contributed by atoms with Gasteiger partial charge in [0.1, 0.15) is 5.78 Å². The standard InChI is InChI=1S/C12H18O.C9H14O.C6H10.C5H7Br.C5H8O.CH4.B.H2/c1-4-5-6-7-8-11(2)9-10-12(3)13;1-4-5-6-7-9(10)8(2)3;1-3-5-6-4-2;2*1-2-3-4-5-6;;;/h8H,6-7,9-10H2,1-3H3;9-10H,2,6-7H2,1,3H3;3,5H2,1-2H3;4-5H2,1H3;6H,4-5H2,1H3;1H4;;1H/b11-8+;;;;;;;/i;;;;;;;1+1. The number of hydrogen-bond donors (Lipinski definition) is 2. The average Bonchev–Trinajstić information content (AvgIpc) is 2.96. The lowest BCUT2D eigenvalue weighted by Crippen LogP contribution is -2.05. The highest BCUT2D eigenvalue weighted by Crippen LogP contribution is 2.06. The first kappa shape index (κ1) is 56.2. The molecule has 2 N–H and O–H groups in total. The molecule has 0 saturated carbocycles. The van der Waals surface area contributed by atoms with Crippen LogP contribution in [0.1, 0.15) is 135 Å². The number of rotatable bonds is 11. The fourth-order valence-electron chi connectivity index (χ4n) is 2.17. The number of Topliss-reactive ketones (excluding diaryl/α,β-unsaturated/α-hetero) is 1. The van der Waals surface area contributed by atoms with Crippen molar-refractivity contribution in [2.24, 2.45) is 0 Å². The van der Waals surface area contributed by atoms with Crippen molar-refractivity contribution in [1.29, 1.82) is 0 Å². The number of aliphatic hydroxyl groups excluding tert-OH is 2. The van der Waals surface area contributed by atoms with E-state index in [1.165, 1.54) is 12.0 Å². The van der Waals surface area contributed by atoms with Gasteiger partial charge in [0.25, 0.3) is 0 Å². The minimum atomic E-state index is -0.374. The van der Waals surface area contributed by atoms with E-state index < -0.39 is 0 Å². The normalized spacial score (nSPS) is 8.51. The van der Waals surface area contributed by atoms with Gasteiger partial charge in [0.2, 0.25) is 0 Å². The van der Waals surface area contributed by atoms with Crippen molar-refractivity contribution >= 4 is 30.1 Å². The van der Waals surface area contributed by atoms with Gasteiger partial charge in [-0.05, 0) is 81.1 Å². The summed E-state index contributed by atoms with van der Waals surface area (Å²) in [6.45, 7) is 20.6. The molecule has 0 aliphatic carbocycles.